The highest BCUT2D eigenvalue weighted by Crippen LogP contribution is 2.24. The summed E-state index contributed by atoms with van der Waals surface area (Å²) in [6.45, 7) is 4.54. The molecule has 3 aromatic heterocycles. The van der Waals surface area contributed by atoms with E-state index in [1.54, 1.807) is 48.0 Å². The lowest BCUT2D eigenvalue weighted by Crippen LogP contribution is -2.36. The highest BCUT2D eigenvalue weighted by Gasteiger charge is 2.27. The van der Waals surface area contributed by atoms with E-state index in [-0.39, 0.29) is 12.0 Å². The van der Waals surface area contributed by atoms with Crippen LogP contribution in [0.5, 0.6) is 0 Å². The summed E-state index contributed by atoms with van der Waals surface area (Å²) in [5.41, 5.74) is 2.89. The Labute approximate surface area is 209 Å². The van der Waals surface area contributed by atoms with Crippen LogP contribution in [0.15, 0.2) is 58.5 Å². The van der Waals surface area contributed by atoms with Crippen LogP contribution < -0.4 is 10.6 Å². The number of nitrogens with one attached hydrogen (secondary N) is 2. The van der Waals surface area contributed by atoms with Crippen molar-refractivity contribution < 1.29 is 27.3 Å². The van der Waals surface area contributed by atoms with Crippen LogP contribution >= 0.6 is 0 Å². The Morgan fingerprint density at radius 3 is 2.76 bits per heavy atom. The van der Waals surface area contributed by atoms with Crippen LogP contribution in [0.3, 0.4) is 0 Å². The third-order valence-corrected chi connectivity index (χ3v) is 4.98. The van der Waals surface area contributed by atoms with Crippen molar-refractivity contribution in [1.82, 2.24) is 24.8 Å². The van der Waals surface area contributed by atoms with Crippen LogP contribution in [-0.4, -0.2) is 44.5 Å². The van der Waals surface area contributed by atoms with Crippen molar-refractivity contribution in [2.45, 2.75) is 39.0 Å². The number of pyridine rings is 1. The third-order valence-electron chi connectivity index (χ3n) is 4.98. The van der Waals surface area contributed by atoms with Gasteiger partial charge in [-0.25, -0.2) is 9.78 Å². The minimum atomic E-state index is -4.49. The number of halogens is 3. The second-order valence-electron chi connectivity index (χ2n) is 9.11. The molecule has 0 aliphatic rings. The average Bonchev–Trinajstić information content (AvgIpc) is 3.47. The average molecular weight is 515 g/mol. The van der Waals surface area contributed by atoms with Gasteiger partial charge in [-0.1, -0.05) is 43.2 Å². The number of urea groups is 1. The molecule has 2 N–H and O–H groups in total. The molecule has 0 aliphatic carbocycles. The summed E-state index contributed by atoms with van der Waals surface area (Å²) in [5, 5.41) is 12.0. The zero-order valence-electron chi connectivity index (χ0n) is 20.2. The van der Waals surface area contributed by atoms with Crippen molar-refractivity contribution >= 4 is 23.6 Å². The van der Waals surface area contributed by atoms with Crippen LogP contribution in [0.4, 0.5) is 23.7 Å². The number of rotatable bonds is 7. The number of imidazole rings is 1. The summed E-state index contributed by atoms with van der Waals surface area (Å²) in [7, 11) is 0. The molecule has 4 aromatic rings. The maximum absolute atomic E-state index is 12.3. The quantitative estimate of drug-likeness (QED) is 0.267. The molecule has 4 rings (SSSR count). The molecular weight excluding hydrogens is 491 g/mol. The second-order valence-corrected chi connectivity index (χ2v) is 9.11. The number of aromatic nitrogens is 4. The predicted octanol–water partition coefficient (Wildman–Crippen LogP) is 4.92. The van der Waals surface area contributed by atoms with E-state index >= 15 is 0 Å². The number of amides is 2. The van der Waals surface area contributed by atoms with Gasteiger partial charge in [0.2, 0.25) is 11.7 Å². The van der Waals surface area contributed by atoms with Gasteiger partial charge in [0.25, 0.3) is 0 Å². The van der Waals surface area contributed by atoms with E-state index in [1.807, 2.05) is 31.2 Å². The Morgan fingerprint density at radius 2 is 2.03 bits per heavy atom. The number of fused-ring (bicyclic) bond motifs is 1. The van der Waals surface area contributed by atoms with Crippen LogP contribution in [0.2, 0.25) is 0 Å². The first-order valence-electron chi connectivity index (χ1n) is 11.2. The molecule has 194 valence electrons. The summed E-state index contributed by atoms with van der Waals surface area (Å²) in [6.07, 6.45) is 0.488. The van der Waals surface area contributed by atoms with Gasteiger partial charge >= 0.3 is 12.2 Å². The van der Waals surface area contributed by atoms with Gasteiger partial charge in [0.15, 0.2) is 6.61 Å². The van der Waals surface area contributed by atoms with Gasteiger partial charge in [0.1, 0.15) is 12.2 Å². The number of hydrogen-bond acceptors (Lipinski definition) is 7. The number of carbonyl (C=O) groups excluding carboxylic acids is 1. The van der Waals surface area contributed by atoms with Crippen molar-refractivity contribution in [2.75, 3.05) is 11.9 Å². The summed E-state index contributed by atoms with van der Waals surface area (Å²) >= 11 is 0. The Bertz CT molecular complexity index is 1420. The SMILES string of the molecule is CC(C)(C)c1nc(CO/N=C/c2ccn3c(-c4cccc(NC(=O)NCC(F)(F)F)c4)cnc3c2)no1. The molecular formula is C24H24F3N7O3. The Kier molecular flexibility index (Phi) is 7.14. The fourth-order valence-corrected chi connectivity index (χ4v) is 3.21. The lowest BCUT2D eigenvalue weighted by molar-refractivity contribution is -0.122. The van der Waals surface area contributed by atoms with Crippen LogP contribution in [0, 0.1) is 0 Å². The third kappa shape index (κ3) is 6.84. The van der Waals surface area contributed by atoms with Gasteiger partial charge in [-0.2, -0.15) is 18.2 Å². The number of oxime groups is 1. The molecule has 0 fully saturated rings. The normalized spacial score (nSPS) is 12.3. The minimum absolute atomic E-state index is 0.0600. The van der Waals surface area contributed by atoms with E-state index < -0.39 is 18.8 Å². The van der Waals surface area contributed by atoms with Gasteiger partial charge in [-0.3, -0.25) is 4.40 Å². The van der Waals surface area contributed by atoms with E-state index in [2.05, 4.69) is 25.6 Å². The monoisotopic (exact) mass is 515 g/mol. The second kappa shape index (κ2) is 10.3. The summed E-state index contributed by atoms with van der Waals surface area (Å²) in [5.74, 6) is 0.909. The fraction of sp³-hybridized carbons (Fsp3) is 0.292. The molecule has 13 heteroatoms. The lowest BCUT2D eigenvalue weighted by atomic mass is 9.97. The molecule has 0 atom stereocenters. The van der Waals surface area contributed by atoms with Crippen LogP contribution in [0.25, 0.3) is 16.9 Å². The van der Waals surface area contributed by atoms with E-state index in [0.29, 0.717) is 28.6 Å². The maximum Gasteiger partial charge on any atom is 0.405 e. The molecule has 0 unspecified atom stereocenters. The van der Waals surface area contributed by atoms with Crippen molar-refractivity contribution in [3.05, 3.63) is 66.1 Å². The molecule has 0 saturated carbocycles. The summed E-state index contributed by atoms with van der Waals surface area (Å²) in [4.78, 5) is 25.7. The molecule has 0 aliphatic heterocycles. The van der Waals surface area contributed by atoms with Crippen molar-refractivity contribution in [2.24, 2.45) is 5.16 Å². The molecule has 0 radical (unpaired) electrons. The predicted molar refractivity (Wildman–Crippen MR) is 129 cm³/mol. The molecule has 37 heavy (non-hydrogen) atoms. The highest BCUT2D eigenvalue weighted by molar-refractivity contribution is 5.90. The molecule has 10 nitrogen and oxygen atoms in total. The molecule has 1 aromatic carbocycles. The summed E-state index contributed by atoms with van der Waals surface area (Å²) < 4.78 is 43.9. The van der Waals surface area contributed by atoms with Crippen LogP contribution in [0.1, 0.15) is 38.0 Å². The number of hydrogen-bond donors (Lipinski definition) is 2. The molecule has 0 saturated heterocycles. The number of alkyl halides is 3. The van der Waals surface area contributed by atoms with E-state index in [1.165, 1.54) is 6.21 Å². The molecule has 0 spiro atoms. The van der Waals surface area contributed by atoms with Gasteiger partial charge in [0, 0.05) is 28.4 Å². The summed E-state index contributed by atoms with van der Waals surface area (Å²) in [6, 6.07) is 9.36. The lowest BCUT2D eigenvalue weighted by Gasteiger charge is -2.10. The smallest absolute Gasteiger partial charge is 0.387 e. The van der Waals surface area contributed by atoms with Crippen molar-refractivity contribution in [3.8, 4) is 11.3 Å². The first-order chi connectivity index (χ1) is 17.5. The Balaban J connectivity index is 1.40. The highest BCUT2D eigenvalue weighted by atomic mass is 19.4. The largest absolute Gasteiger partial charge is 0.405 e. The topological polar surface area (TPSA) is 119 Å². The van der Waals surface area contributed by atoms with Gasteiger partial charge in [-0.15, -0.1) is 0 Å². The molecule has 3 heterocycles. The van der Waals surface area contributed by atoms with Gasteiger partial charge in [0.05, 0.1) is 18.1 Å². The fourth-order valence-electron chi connectivity index (χ4n) is 3.21. The van der Waals surface area contributed by atoms with E-state index in [0.717, 1.165) is 11.3 Å². The Morgan fingerprint density at radius 1 is 1.22 bits per heavy atom. The first-order valence-corrected chi connectivity index (χ1v) is 11.2. The maximum atomic E-state index is 12.3. The van der Waals surface area contributed by atoms with Crippen LogP contribution in [-0.2, 0) is 16.9 Å². The van der Waals surface area contributed by atoms with Crippen molar-refractivity contribution in [3.63, 3.8) is 0 Å². The Hall–Kier alpha value is -4.42. The number of nitrogens with zero attached hydrogens (tertiary/aromatic N) is 5. The van der Waals surface area contributed by atoms with Crippen molar-refractivity contribution in [1.29, 1.82) is 0 Å². The first kappa shape index (κ1) is 25.7. The minimum Gasteiger partial charge on any atom is -0.387 e. The number of carbonyl (C=O) groups is 1. The van der Waals surface area contributed by atoms with E-state index in [9.17, 15) is 18.0 Å². The van der Waals surface area contributed by atoms with E-state index in [4.69, 9.17) is 9.36 Å². The van der Waals surface area contributed by atoms with Gasteiger partial charge < -0.3 is 20.0 Å². The zero-order chi connectivity index (χ0) is 26.6. The molecule has 2 amide bonds. The van der Waals surface area contributed by atoms with Gasteiger partial charge in [-0.05, 0) is 24.3 Å². The standard InChI is InChI=1S/C24H24F3N7O3/c1-23(2,3)21-32-19(33-37-21)13-36-30-11-15-7-8-34-18(12-28-20(34)9-15)16-5-4-6-17(10-16)31-22(35)29-14-24(25,26)27/h4-12H,13-14H2,1-3H3,(H2,29,31,35)/b30-11+. The molecule has 0 bridgehead atoms. The number of anilines is 1. The zero-order valence-corrected chi connectivity index (χ0v) is 20.2. The number of benzene rings is 1.